The van der Waals surface area contributed by atoms with E-state index in [9.17, 15) is 9.59 Å². The smallest absolute Gasteiger partial charge is 0.317 e. The lowest BCUT2D eigenvalue weighted by atomic mass is 10.1. The third-order valence-electron chi connectivity index (χ3n) is 2.33. The molecule has 1 aromatic rings. The maximum atomic E-state index is 11.9. The van der Waals surface area contributed by atoms with Crippen LogP contribution in [0.2, 0.25) is 0 Å². The van der Waals surface area contributed by atoms with Gasteiger partial charge in [0.25, 0.3) is 5.91 Å². The molecule has 19 heavy (non-hydrogen) atoms. The number of carbonyl (C=O) groups excluding carboxylic acids is 2. The number of carbonyl (C=O) groups is 2. The maximum absolute atomic E-state index is 11.9. The molecular weight excluding hydrogens is 246 g/mol. The lowest BCUT2D eigenvalue weighted by molar-refractivity contribution is 0.0933. The van der Waals surface area contributed by atoms with Gasteiger partial charge in [-0.05, 0) is 32.9 Å². The zero-order valence-corrected chi connectivity index (χ0v) is 12.0. The number of furan rings is 1. The van der Waals surface area contributed by atoms with Crippen LogP contribution in [0.25, 0.3) is 0 Å². The van der Waals surface area contributed by atoms with Crippen molar-refractivity contribution in [3.63, 3.8) is 0 Å². The highest BCUT2D eigenvalue weighted by Crippen LogP contribution is 2.10. The predicted molar refractivity (Wildman–Crippen MR) is 71.8 cm³/mol. The summed E-state index contributed by atoms with van der Waals surface area (Å²) in [6, 6.07) is 3.08. The zero-order valence-electron chi connectivity index (χ0n) is 12.0. The molecule has 0 unspecified atom stereocenters. The summed E-state index contributed by atoms with van der Waals surface area (Å²) in [7, 11) is 3.20. The van der Waals surface area contributed by atoms with Crippen LogP contribution in [0.4, 0.5) is 4.79 Å². The minimum Gasteiger partial charge on any atom is -0.454 e. The van der Waals surface area contributed by atoms with Crippen LogP contribution in [-0.2, 0) is 6.54 Å². The number of hydrogen-bond donors (Lipinski definition) is 2. The highest BCUT2D eigenvalue weighted by molar-refractivity contribution is 5.91. The third kappa shape index (κ3) is 4.65. The second-order valence-corrected chi connectivity index (χ2v) is 5.38. The molecule has 0 aromatic carbocycles. The molecule has 0 bridgehead atoms. The zero-order chi connectivity index (χ0) is 14.6. The molecule has 3 amide bonds. The Morgan fingerprint density at radius 3 is 2.47 bits per heavy atom. The van der Waals surface area contributed by atoms with Crippen LogP contribution >= 0.6 is 0 Å². The summed E-state index contributed by atoms with van der Waals surface area (Å²) >= 11 is 0. The maximum Gasteiger partial charge on any atom is 0.317 e. The summed E-state index contributed by atoms with van der Waals surface area (Å²) < 4.78 is 5.35. The molecule has 0 fully saturated rings. The van der Waals surface area contributed by atoms with Gasteiger partial charge in [0.1, 0.15) is 5.76 Å². The second-order valence-electron chi connectivity index (χ2n) is 5.38. The SMILES string of the molecule is CNC(=O)c1ccc(CN(C)C(=O)NC(C)(C)C)o1. The first-order valence-corrected chi connectivity index (χ1v) is 6.07. The standard InChI is InChI=1S/C13H21N3O3/c1-13(2,3)15-12(18)16(5)8-9-6-7-10(19-9)11(17)14-4/h6-7H,8H2,1-5H3,(H,14,17)(H,15,18). The van der Waals surface area contributed by atoms with Gasteiger partial charge in [-0.15, -0.1) is 0 Å². The Morgan fingerprint density at radius 2 is 1.95 bits per heavy atom. The molecular formula is C13H21N3O3. The molecule has 0 spiro atoms. The first kappa shape index (κ1) is 15.1. The van der Waals surface area contributed by atoms with E-state index in [1.807, 2.05) is 20.8 Å². The average Bonchev–Trinajstić information content (AvgIpc) is 2.74. The lowest BCUT2D eigenvalue weighted by Gasteiger charge is -2.25. The molecule has 0 aliphatic rings. The van der Waals surface area contributed by atoms with E-state index in [0.29, 0.717) is 12.3 Å². The molecule has 6 nitrogen and oxygen atoms in total. The van der Waals surface area contributed by atoms with Gasteiger partial charge in [0, 0.05) is 19.6 Å². The molecule has 106 valence electrons. The van der Waals surface area contributed by atoms with Crippen molar-refractivity contribution < 1.29 is 14.0 Å². The summed E-state index contributed by atoms with van der Waals surface area (Å²) in [6.07, 6.45) is 0. The fourth-order valence-corrected chi connectivity index (χ4v) is 1.43. The summed E-state index contributed by atoms with van der Waals surface area (Å²) in [6.45, 7) is 6.04. The summed E-state index contributed by atoms with van der Waals surface area (Å²) in [4.78, 5) is 24.7. The number of nitrogens with zero attached hydrogens (tertiary/aromatic N) is 1. The van der Waals surface area contributed by atoms with Crippen molar-refractivity contribution in [2.24, 2.45) is 0 Å². The summed E-state index contributed by atoms with van der Waals surface area (Å²) in [5, 5.41) is 5.32. The van der Waals surface area contributed by atoms with Crippen LogP contribution in [0, 0.1) is 0 Å². The van der Waals surface area contributed by atoms with E-state index in [1.165, 1.54) is 11.9 Å². The molecule has 1 rings (SSSR count). The van der Waals surface area contributed by atoms with E-state index >= 15 is 0 Å². The van der Waals surface area contributed by atoms with E-state index < -0.39 is 0 Å². The molecule has 6 heteroatoms. The van der Waals surface area contributed by atoms with Gasteiger partial charge in [-0.25, -0.2) is 4.79 Å². The first-order valence-electron chi connectivity index (χ1n) is 6.07. The van der Waals surface area contributed by atoms with Crippen LogP contribution in [0.1, 0.15) is 37.1 Å². The predicted octanol–water partition coefficient (Wildman–Crippen LogP) is 1.58. The molecule has 2 N–H and O–H groups in total. The topological polar surface area (TPSA) is 74.6 Å². The highest BCUT2D eigenvalue weighted by atomic mass is 16.4. The molecule has 0 aliphatic heterocycles. The largest absolute Gasteiger partial charge is 0.454 e. The lowest BCUT2D eigenvalue weighted by Crippen LogP contribution is -2.46. The van der Waals surface area contributed by atoms with E-state index in [1.54, 1.807) is 19.2 Å². The van der Waals surface area contributed by atoms with Crippen molar-refractivity contribution in [1.29, 1.82) is 0 Å². The van der Waals surface area contributed by atoms with E-state index in [4.69, 9.17) is 4.42 Å². The molecule has 0 saturated heterocycles. The van der Waals surface area contributed by atoms with Gasteiger partial charge in [-0.2, -0.15) is 0 Å². The quantitative estimate of drug-likeness (QED) is 0.873. The Hall–Kier alpha value is -1.98. The number of amides is 3. The van der Waals surface area contributed by atoms with E-state index in [0.717, 1.165) is 0 Å². The average molecular weight is 267 g/mol. The first-order chi connectivity index (χ1) is 8.73. The Balaban J connectivity index is 2.62. The highest BCUT2D eigenvalue weighted by Gasteiger charge is 2.18. The molecule has 0 saturated carbocycles. The van der Waals surface area contributed by atoms with Crippen LogP contribution in [0.5, 0.6) is 0 Å². The van der Waals surface area contributed by atoms with Crippen molar-refractivity contribution in [2.45, 2.75) is 32.9 Å². The third-order valence-corrected chi connectivity index (χ3v) is 2.33. The normalized spacial score (nSPS) is 11.0. The molecule has 0 radical (unpaired) electrons. The van der Waals surface area contributed by atoms with Gasteiger partial charge in [0.15, 0.2) is 5.76 Å². The van der Waals surface area contributed by atoms with Gasteiger partial charge in [0.05, 0.1) is 6.54 Å². The van der Waals surface area contributed by atoms with Crippen LogP contribution in [0.15, 0.2) is 16.5 Å². The van der Waals surface area contributed by atoms with Gasteiger partial charge in [0.2, 0.25) is 0 Å². The fourth-order valence-electron chi connectivity index (χ4n) is 1.43. The molecule has 0 atom stereocenters. The molecule has 1 aromatic heterocycles. The van der Waals surface area contributed by atoms with Gasteiger partial charge in [-0.3, -0.25) is 4.79 Å². The minimum absolute atomic E-state index is 0.189. The Kier molecular flexibility index (Phi) is 4.58. The van der Waals surface area contributed by atoms with Gasteiger partial charge in [-0.1, -0.05) is 0 Å². The minimum atomic E-state index is -0.290. The van der Waals surface area contributed by atoms with Crippen LogP contribution in [-0.4, -0.2) is 36.5 Å². The Labute approximate surface area is 113 Å². The van der Waals surface area contributed by atoms with Crippen molar-refractivity contribution in [1.82, 2.24) is 15.5 Å². The molecule has 1 heterocycles. The monoisotopic (exact) mass is 267 g/mol. The fraction of sp³-hybridized carbons (Fsp3) is 0.538. The summed E-state index contributed by atoms with van der Waals surface area (Å²) in [5.41, 5.74) is -0.290. The Morgan fingerprint density at radius 1 is 1.32 bits per heavy atom. The van der Waals surface area contributed by atoms with Crippen molar-refractivity contribution in [3.8, 4) is 0 Å². The number of hydrogen-bond acceptors (Lipinski definition) is 3. The Bertz CT molecular complexity index is 460. The van der Waals surface area contributed by atoms with Crippen molar-refractivity contribution in [2.75, 3.05) is 14.1 Å². The van der Waals surface area contributed by atoms with Crippen molar-refractivity contribution in [3.05, 3.63) is 23.7 Å². The van der Waals surface area contributed by atoms with Crippen LogP contribution < -0.4 is 10.6 Å². The number of rotatable bonds is 3. The molecule has 0 aliphatic carbocycles. The van der Waals surface area contributed by atoms with E-state index in [-0.39, 0.29) is 23.2 Å². The summed E-state index contributed by atoms with van der Waals surface area (Å²) in [5.74, 6) is 0.514. The van der Waals surface area contributed by atoms with Crippen molar-refractivity contribution >= 4 is 11.9 Å². The number of nitrogens with one attached hydrogen (secondary N) is 2. The van der Waals surface area contributed by atoms with E-state index in [2.05, 4.69) is 10.6 Å². The van der Waals surface area contributed by atoms with Crippen LogP contribution in [0.3, 0.4) is 0 Å². The van der Waals surface area contributed by atoms with Gasteiger partial charge < -0.3 is 20.0 Å². The van der Waals surface area contributed by atoms with Gasteiger partial charge >= 0.3 is 6.03 Å². The number of urea groups is 1. The second kappa shape index (κ2) is 5.77.